The van der Waals surface area contributed by atoms with Crippen LogP contribution in [-0.2, 0) is 0 Å². The van der Waals surface area contributed by atoms with Crippen LogP contribution in [0.3, 0.4) is 0 Å². The molecule has 1 aliphatic rings. The molecule has 0 bridgehead atoms. The molecule has 1 aliphatic carbocycles. The molecule has 0 spiro atoms. The molecule has 5 heteroatoms. The number of hydrogen-bond acceptors (Lipinski definition) is 3. The van der Waals surface area contributed by atoms with Crippen LogP contribution in [-0.4, -0.2) is 6.54 Å². The molecular formula is C12H17ClFN3. The van der Waals surface area contributed by atoms with Gasteiger partial charge < -0.3 is 16.8 Å². The lowest BCUT2D eigenvalue weighted by molar-refractivity contribution is 0.571. The van der Waals surface area contributed by atoms with Crippen molar-refractivity contribution in [3.05, 3.63) is 16.9 Å². The SMILES string of the molecule is CC1(C)CC1CNc1c(N)cc(N)c(Cl)c1F. The Morgan fingerprint density at radius 3 is 2.59 bits per heavy atom. The van der Waals surface area contributed by atoms with E-state index in [1.807, 2.05) is 0 Å². The highest BCUT2D eigenvalue weighted by Gasteiger charge is 2.45. The second-order valence-corrected chi connectivity index (χ2v) is 5.71. The fraction of sp³-hybridized carbons (Fsp3) is 0.500. The van der Waals surface area contributed by atoms with Crippen LogP contribution in [0.15, 0.2) is 6.07 Å². The van der Waals surface area contributed by atoms with E-state index in [2.05, 4.69) is 19.2 Å². The van der Waals surface area contributed by atoms with Crippen molar-refractivity contribution in [1.82, 2.24) is 0 Å². The van der Waals surface area contributed by atoms with E-state index in [1.165, 1.54) is 6.07 Å². The summed E-state index contributed by atoms with van der Waals surface area (Å²) in [5.41, 5.74) is 12.3. The van der Waals surface area contributed by atoms with Crippen LogP contribution in [0.4, 0.5) is 21.5 Å². The number of nitrogens with one attached hydrogen (secondary N) is 1. The lowest BCUT2D eigenvalue weighted by Crippen LogP contribution is -2.11. The number of nitrogens with two attached hydrogens (primary N) is 2. The Bertz CT molecular complexity index is 460. The van der Waals surface area contributed by atoms with Gasteiger partial charge in [0.05, 0.1) is 17.1 Å². The van der Waals surface area contributed by atoms with Gasteiger partial charge in [0.15, 0.2) is 5.82 Å². The molecule has 17 heavy (non-hydrogen) atoms. The van der Waals surface area contributed by atoms with Crippen LogP contribution < -0.4 is 16.8 Å². The van der Waals surface area contributed by atoms with Crippen molar-refractivity contribution in [2.75, 3.05) is 23.3 Å². The number of nitrogen functional groups attached to an aromatic ring is 2. The molecule has 1 saturated carbocycles. The van der Waals surface area contributed by atoms with Crippen molar-refractivity contribution >= 4 is 28.7 Å². The summed E-state index contributed by atoms with van der Waals surface area (Å²) in [6, 6.07) is 1.48. The molecule has 5 N–H and O–H groups in total. The molecule has 0 saturated heterocycles. The molecular weight excluding hydrogens is 241 g/mol. The molecule has 0 radical (unpaired) electrons. The molecule has 0 aliphatic heterocycles. The van der Waals surface area contributed by atoms with E-state index in [4.69, 9.17) is 23.1 Å². The van der Waals surface area contributed by atoms with Gasteiger partial charge in [-0.25, -0.2) is 4.39 Å². The summed E-state index contributed by atoms with van der Waals surface area (Å²) in [6.07, 6.45) is 1.14. The van der Waals surface area contributed by atoms with E-state index in [-0.39, 0.29) is 16.4 Å². The zero-order valence-electron chi connectivity index (χ0n) is 9.98. The van der Waals surface area contributed by atoms with Crippen LogP contribution in [0.1, 0.15) is 20.3 Å². The molecule has 1 unspecified atom stereocenters. The third kappa shape index (κ3) is 2.27. The second kappa shape index (κ2) is 3.95. The minimum absolute atomic E-state index is 0.0724. The predicted octanol–water partition coefficient (Wildman–Crippen LogP) is 3.10. The van der Waals surface area contributed by atoms with Crippen molar-refractivity contribution in [3.63, 3.8) is 0 Å². The average molecular weight is 258 g/mol. The predicted molar refractivity (Wildman–Crippen MR) is 70.6 cm³/mol. The van der Waals surface area contributed by atoms with E-state index in [9.17, 15) is 4.39 Å². The molecule has 2 rings (SSSR count). The summed E-state index contributed by atoms with van der Waals surface area (Å²) >= 11 is 5.75. The minimum atomic E-state index is -0.567. The molecule has 1 fully saturated rings. The van der Waals surface area contributed by atoms with Gasteiger partial charge in [0, 0.05) is 6.54 Å². The summed E-state index contributed by atoms with van der Waals surface area (Å²) in [5.74, 6) is -0.0137. The van der Waals surface area contributed by atoms with Gasteiger partial charge in [-0.2, -0.15) is 0 Å². The highest BCUT2D eigenvalue weighted by molar-refractivity contribution is 6.33. The fourth-order valence-electron chi connectivity index (χ4n) is 2.00. The maximum Gasteiger partial charge on any atom is 0.169 e. The lowest BCUT2D eigenvalue weighted by Gasteiger charge is -2.13. The van der Waals surface area contributed by atoms with Gasteiger partial charge in [-0.3, -0.25) is 0 Å². The second-order valence-electron chi connectivity index (χ2n) is 5.33. The maximum absolute atomic E-state index is 13.8. The largest absolute Gasteiger partial charge is 0.397 e. The zero-order chi connectivity index (χ0) is 12.8. The van der Waals surface area contributed by atoms with E-state index >= 15 is 0 Å². The third-order valence-corrected chi connectivity index (χ3v) is 3.89. The Labute approximate surface area is 105 Å². The number of rotatable bonds is 3. The van der Waals surface area contributed by atoms with Crippen molar-refractivity contribution in [2.45, 2.75) is 20.3 Å². The molecule has 1 aromatic rings. The van der Waals surface area contributed by atoms with E-state index in [0.29, 0.717) is 23.6 Å². The summed E-state index contributed by atoms with van der Waals surface area (Å²) in [7, 11) is 0. The first-order valence-electron chi connectivity index (χ1n) is 5.59. The topological polar surface area (TPSA) is 64.1 Å². The standard InChI is InChI=1S/C12H17ClFN3/c1-12(2)4-6(12)5-17-11-8(16)3-7(15)9(13)10(11)14/h3,6,17H,4-5,15-16H2,1-2H3. The number of benzene rings is 1. The molecule has 1 atom stereocenters. The molecule has 0 aromatic heterocycles. The summed E-state index contributed by atoms with van der Waals surface area (Å²) in [4.78, 5) is 0. The van der Waals surface area contributed by atoms with Crippen molar-refractivity contribution < 1.29 is 4.39 Å². The van der Waals surface area contributed by atoms with Crippen molar-refractivity contribution in [2.24, 2.45) is 11.3 Å². The third-order valence-electron chi connectivity index (χ3n) is 3.51. The van der Waals surface area contributed by atoms with Crippen LogP contribution in [0.25, 0.3) is 0 Å². The van der Waals surface area contributed by atoms with Gasteiger partial charge in [0.2, 0.25) is 0 Å². The molecule has 0 heterocycles. The monoisotopic (exact) mass is 257 g/mol. The Balaban J connectivity index is 2.13. The normalized spacial score (nSPS) is 21.3. The van der Waals surface area contributed by atoms with Crippen LogP contribution in [0.2, 0.25) is 5.02 Å². The van der Waals surface area contributed by atoms with Gasteiger partial charge in [-0.15, -0.1) is 0 Å². The van der Waals surface area contributed by atoms with Crippen LogP contribution in [0, 0.1) is 17.2 Å². The first-order chi connectivity index (χ1) is 7.83. The van der Waals surface area contributed by atoms with Crippen molar-refractivity contribution in [1.29, 1.82) is 0 Å². The Morgan fingerprint density at radius 1 is 1.47 bits per heavy atom. The molecule has 1 aromatic carbocycles. The number of halogens is 2. The first kappa shape index (κ1) is 12.3. The Morgan fingerprint density at radius 2 is 2.06 bits per heavy atom. The number of anilines is 3. The van der Waals surface area contributed by atoms with Gasteiger partial charge >= 0.3 is 0 Å². The van der Waals surface area contributed by atoms with E-state index in [1.54, 1.807) is 0 Å². The number of hydrogen-bond donors (Lipinski definition) is 3. The fourth-order valence-corrected chi connectivity index (χ4v) is 2.14. The van der Waals surface area contributed by atoms with E-state index in [0.717, 1.165) is 6.42 Å². The lowest BCUT2D eigenvalue weighted by atomic mass is 10.1. The van der Waals surface area contributed by atoms with Gasteiger partial charge in [0.25, 0.3) is 0 Å². The van der Waals surface area contributed by atoms with Crippen molar-refractivity contribution in [3.8, 4) is 0 Å². The average Bonchev–Trinajstić information content (AvgIpc) is 2.83. The minimum Gasteiger partial charge on any atom is -0.397 e. The first-order valence-corrected chi connectivity index (χ1v) is 5.97. The molecule has 94 valence electrons. The van der Waals surface area contributed by atoms with Crippen LogP contribution in [0.5, 0.6) is 0 Å². The van der Waals surface area contributed by atoms with Gasteiger partial charge in [-0.1, -0.05) is 25.4 Å². The maximum atomic E-state index is 13.8. The zero-order valence-corrected chi connectivity index (χ0v) is 10.7. The molecule has 0 amide bonds. The van der Waals surface area contributed by atoms with E-state index < -0.39 is 5.82 Å². The highest BCUT2D eigenvalue weighted by Crippen LogP contribution is 2.51. The quantitative estimate of drug-likeness (QED) is 0.729. The summed E-state index contributed by atoms with van der Waals surface area (Å²) in [5, 5.41) is 2.95. The summed E-state index contributed by atoms with van der Waals surface area (Å²) < 4.78 is 13.8. The Hall–Kier alpha value is -1.16. The van der Waals surface area contributed by atoms with Gasteiger partial charge in [-0.05, 0) is 23.8 Å². The smallest absolute Gasteiger partial charge is 0.169 e. The summed E-state index contributed by atoms with van der Waals surface area (Å²) in [6.45, 7) is 5.08. The molecule has 3 nitrogen and oxygen atoms in total. The van der Waals surface area contributed by atoms with Gasteiger partial charge in [0.1, 0.15) is 5.02 Å². The highest BCUT2D eigenvalue weighted by atomic mass is 35.5. The van der Waals surface area contributed by atoms with Crippen LogP contribution >= 0.6 is 11.6 Å². The Kier molecular flexibility index (Phi) is 2.86.